The summed E-state index contributed by atoms with van der Waals surface area (Å²) in [5.41, 5.74) is 8.58. The Morgan fingerprint density at radius 1 is 0.712 bits per heavy atom. The lowest BCUT2D eigenvalue weighted by atomic mass is 9.84. The van der Waals surface area contributed by atoms with Crippen molar-refractivity contribution in [2.45, 2.75) is 63.3 Å². The number of nitrogens with zero attached hydrogens (tertiary/aromatic N) is 3. The van der Waals surface area contributed by atoms with Gasteiger partial charge in [0.05, 0.1) is 27.4 Å². The van der Waals surface area contributed by atoms with Crippen LogP contribution in [0.25, 0.3) is 0 Å². The number of aliphatic hydroxyl groups excluding tert-OH is 1. The van der Waals surface area contributed by atoms with Gasteiger partial charge in [-0.25, -0.2) is 0 Å². The van der Waals surface area contributed by atoms with Crippen molar-refractivity contribution in [3.63, 3.8) is 0 Å². The van der Waals surface area contributed by atoms with Gasteiger partial charge in [-0.15, -0.1) is 0 Å². The Morgan fingerprint density at radius 2 is 1.40 bits per heavy atom. The number of likely N-dealkylation sites (tertiary alicyclic amines) is 1. The molecule has 1 N–H and O–H groups in total. The van der Waals surface area contributed by atoms with Gasteiger partial charge in [-0.1, -0.05) is 24.3 Å². The lowest BCUT2D eigenvalue weighted by Gasteiger charge is -2.39. The minimum absolute atomic E-state index is 0.0172. The first-order valence-electron chi connectivity index (χ1n) is 18.7. The fraction of sp³-hybridized carbons (Fsp3) is 0.442. The molecule has 274 valence electrons. The summed E-state index contributed by atoms with van der Waals surface area (Å²) in [5.74, 6) is 5.02. The van der Waals surface area contributed by atoms with Crippen LogP contribution in [0.15, 0.2) is 60.7 Å². The van der Waals surface area contributed by atoms with Crippen molar-refractivity contribution in [3.8, 4) is 40.2 Å². The van der Waals surface area contributed by atoms with Crippen molar-refractivity contribution in [3.05, 3.63) is 99.6 Å². The molecule has 5 aliphatic rings. The van der Waals surface area contributed by atoms with Crippen molar-refractivity contribution in [1.82, 2.24) is 14.7 Å². The number of likely N-dealkylation sites (N-methyl/N-ethyl adjacent to an activating group) is 2. The highest BCUT2D eigenvalue weighted by Gasteiger charge is 2.37. The standard InChI is InChI=1S/C43H51N3O6/c1-44-18-14-29-9-12-32-25-34(29)36(44)22-27-6-10-31(11-7-27)51-39-24-28(8-13-38(39)48-3)23-37-40-33(17-19-45(37)2)35(26-46-20-15-30(47)16-21-46)41(49-4)43(50-5)42(40)52-32/h6-13,24-25,30,36-37,47H,14-23,26H2,1-5H3/t36-,37-/m0/s1. The molecule has 0 unspecified atom stereocenters. The molecule has 5 heterocycles. The third-order valence-corrected chi connectivity index (χ3v) is 11.7. The smallest absolute Gasteiger partial charge is 0.204 e. The fourth-order valence-corrected chi connectivity index (χ4v) is 8.77. The van der Waals surface area contributed by atoms with Crippen molar-refractivity contribution >= 4 is 0 Å². The fourth-order valence-electron chi connectivity index (χ4n) is 8.77. The second kappa shape index (κ2) is 14.6. The Balaban J connectivity index is 1.33. The number of methoxy groups -OCH3 is 3. The van der Waals surface area contributed by atoms with Gasteiger partial charge in [0.15, 0.2) is 23.0 Å². The Morgan fingerprint density at radius 3 is 2.15 bits per heavy atom. The third kappa shape index (κ3) is 6.60. The molecule has 9 nitrogen and oxygen atoms in total. The van der Waals surface area contributed by atoms with E-state index < -0.39 is 0 Å². The van der Waals surface area contributed by atoms with Gasteiger partial charge in [-0.05, 0) is 117 Å². The zero-order chi connectivity index (χ0) is 35.9. The molecule has 0 radical (unpaired) electrons. The van der Waals surface area contributed by atoms with Crippen LogP contribution in [0.5, 0.6) is 40.2 Å². The number of rotatable bonds is 5. The van der Waals surface area contributed by atoms with Crippen LogP contribution >= 0.6 is 0 Å². The Labute approximate surface area is 307 Å². The van der Waals surface area contributed by atoms with E-state index in [1.54, 1.807) is 21.3 Å². The van der Waals surface area contributed by atoms with Crippen LogP contribution in [0.1, 0.15) is 63.9 Å². The van der Waals surface area contributed by atoms with Crippen molar-refractivity contribution < 1.29 is 28.8 Å². The predicted molar refractivity (Wildman–Crippen MR) is 202 cm³/mol. The maximum absolute atomic E-state index is 10.3. The number of hydrogen-bond donors (Lipinski definition) is 1. The summed E-state index contributed by atoms with van der Waals surface area (Å²) in [6.07, 6.45) is 4.75. The molecule has 9 rings (SSSR count). The lowest BCUT2D eigenvalue weighted by Crippen LogP contribution is -2.37. The summed E-state index contributed by atoms with van der Waals surface area (Å²) in [4.78, 5) is 7.32. The highest BCUT2D eigenvalue weighted by molar-refractivity contribution is 5.67. The SMILES string of the molecule is COc1ccc2cc1Oc1ccc(cc1)C[C@H]1c3cc(ccc3CCN1C)Oc1c(OC)c(OC)c(CN3CCC(O)CC3)c3c1[C@H](C2)N(C)CC3. The summed E-state index contributed by atoms with van der Waals surface area (Å²) in [6, 6.07) is 21.5. The van der Waals surface area contributed by atoms with Gasteiger partial charge in [0.25, 0.3) is 0 Å². The van der Waals surface area contributed by atoms with Gasteiger partial charge in [-0.2, -0.15) is 0 Å². The second-order valence-electron chi connectivity index (χ2n) is 14.9. The zero-order valence-electron chi connectivity index (χ0n) is 31.1. The molecule has 0 saturated carbocycles. The van der Waals surface area contributed by atoms with Gasteiger partial charge in [-0.3, -0.25) is 14.7 Å². The number of hydrogen-bond acceptors (Lipinski definition) is 9. The summed E-state index contributed by atoms with van der Waals surface area (Å²) < 4.78 is 32.0. The Kier molecular flexibility index (Phi) is 9.78. The van der Waals surface area contributed by atoms with Crippen LogP contribution in [0.4, 0.5) is 0 Å². The van der Waals surface area contributed by atoms with Gasteiger partial charge < -0.3 is 28.8 Å². The van der Waals surface area contributed by atoms with Crippen LogP contribution in [0, 0.1) is 0 Å². The third-order valence-electron chi connectivity index (χ3n) is 11.7. The summed E-state index contributed by atoms with van der Waals surface area (Å²) in [5, 5.41) is 10.3. The highest BCUT2D eigenvalue weighted by Crippen LogP contribution is 2.53. The molecule has 1 fully saturated rings. The quantitative estimate of drug-likeness (QED) is 0.234. The normalized spacial score (nSPS) is 21.0. The van der Waals surface area contributed by atoms with E-state index in [4.69, 9.17) is 23.7 Å². The van der Waals surface area contributed by atoms with E-state index in [9.17, 15) is 5.11 Å². The van der Waals surface area contributed by atoms with Crippen LogP contribution < -0.4 is 23.7 Å². The largest absolute Gasteiger partial charge is 0.493 e. The first-order chi connectivity index (χ1) is 25.3. The molecular formula is C43H51N3O6. The first kappa shape index (κ1) is 34.8. The van der Waals surface area contributed by atoms with E-state index in [1.165, 1.54) is 22.3 Å². The maximum atomic E-state index is 10.3. The minimum atomic E-state index is -0.238. The van der Waals surface area contributed by atoms with Gasteiger partial charge in [0.2, 0.25) is 5.75 Å². The molecule has 1 saturated heterocycles. The van der Waals surface area contributed by atoms with E-state index in [0.717, 1.165) is 105 Å². The molecule has 0 aliphatic carbocycles. The molecule has 5 aliphatic heterocycles. The molecule has 2 atom stereocenters. The van der Waals surface area contributed by atoms with E-state index in [0.29, 0.717) is 23.0 Å². The van der Waals surface area contributed by atoms with E-state index >= 15 is 0 Å². The molecule has 4 aromatic carbocycles. The van der Waals surface area contributed by atoms with Gasteiger partial charge >= 0.3 is 0 Å². The summed E-state index contributed by atoms with van der Waals surface area (Å²) >= 11 is 0. The van der Waals surface area contributed by atoms with E-state index in [2.05, 4.69) is 83.4 Å². The van der Waals surface area contributed by atoms with Crippen molar-refractivity contribution in [2.75, 3.05) is 61.6 Å². The molecule has 6 bridgehead atoms. The molecule has 4 aromatic rings. The monoisotopic (exact) mass is 705 g/mol. The number of fused-ring (bicyclic) bond motifs is 2. The van der Waals surface area contributed by atoms with Crippen LogP contribution in [-0.2, 0) is 32.2 Å². The zero-order valence-corrected chi connectivity index (χ0v) is 31.1. The van der Waals surface area contributed by atoms with Crippen molar-refractivity contribution in [1.29, 1.82) is 0 Å². The predicted octanol–water partition coefficient (Wildman–Crippen LogP) is 7.11. The lowest BCUT2D eigenvalue weighted by molar-refractivity contribution is 0.0785. The maximum Gasteiger partial charge on any atom is 0.204 e. The minimum Gasteiger partial charge on any atom is -0.493 e. The first-order valence-corrected chi connectivity index (χ1v) is 18.7. The van der Waals surface area contributed by atoms with Crippen molar-refractivity contribution in [2.24, 2.45) is 0 Å². The van der Waals surface area contributed by atoms with E-state index in [-0.39, 0.29) is 18.2 Å². The highest BCUT2D eigenvalue weighted by atomic mass is 16.5. The molecule has 9 heteroatoms. The van der Waals surface area contributed by atoms with E-state index in [1.807, 2.05) is 6.07 Å². The molecule has 0 amide bonds. The summed E-state index contributed by atoms with van der Waals surface area (Å²) in [6.45, 7) is 4.28. The van der Waals surface area contributed by atoms with Gasteiger partial charge in [0, 0.05) is 55.9 Å². The average Bonchev–Trinajstić information content (AvgIpc) is 3.15. The van der Waals surface area contributed by atoms with Crippen LogP contribution in [-0.4, -0.2) is 87.5 Å². The van der Waals surface area contributed by atoms with Gasteiger partial charge in [0.1, 0.15) is 11.5 Å². The Hall–Kier alpha value is -4.28. The van der Waals surface area contributed by atoms with Crippen LogP contribution in [0.3, 0.4) is 0 Å². The molecular weight excluding hydrogens is 654 g/mol. The molecule has 0 spiro atoms. The molecule has 52 heavy (non-hydrogen) atoms. The second-order valence-corrected chi connectivity index (χ2v) is 14.9. The van der Waals surface area contributed by atoms with Crippen LogP contribution in [0.2, 0.25) is 0 Å². The topological polar surface area (TPSA) is 76.1 Å². The average molecular weight is 706 g/mol. The molecule has 0 aromatic heterocycles. The number of benzene rings is 4. The Bertz CT molecular complexity index is 1920. The number of aliphatic hydroxyl groups is 1. The summed E-state index contributed by atoms with van der Waals surface area (Å²) in [7, 11) is 9.56. The number of piperidine rings is 1. The number of ether oxygens (including phenoxy) is 5.